The lowest BCUT2D eigenvalue weighted by molar-refractivity contribution is -0.144. The second-order valence-corrected chi connectivity index (χ2v) is 5.02. The van der Waals surface area contributed by atoms with Gasteiger partial charge >= 0.3 is 12.1 Å². The molecule has 1 atom stereocenters. The van der Waals surface area contributed by atoms with E-state index in [1.165, 1.54) is 0 Å². The molecule has 0 saturated carbocycles. The molecule has 5 nitrogen and oxygen atoms in total. The summed E-state index contributed by atoms with van der Waals surface area (Å²) >= 11 is 0. The number of rotatable bonds is 9. The maximum atomic E-state index is 11.6. The van der Waals surface area contributed by atoms with Crippen LogP contribution in [0.1, 0.15) is 47.0 Å². The van der Waals surface area contributed by atoms with Crippen LogP contribution in [0.5, 0.6) is 0 Å². The standard InChI is InChI=1S/C14H27NO4/c1-5-7-19-13(16)9-12(8-11(3)4)10-15-14(17)18-6-2/h11-12H,5-10H2,1-4H3,(H,15,17)/t12-/m0/s1. The molecule has 0 fully saturated rings. The van der Waals surface area contributed by atoms with E-state index in [-0.39, 0.29) is 11.9 Å². The molecule has 1 amide bonds. The van der Waals surface area contributed by atoms with Crippen LogP contribution >= 0.6 is 0 Å². The first-order valence-electron chi connectivity index (χ1n) is 7.05. The molecule has 0 bridgehead atoms. The first-order valence-corrected chi connectivity index (χ1v) is 7.05. The summed E-state index contributed by atoms with van der Waals surface area (Å²) in [6.45, 7) is 9.15. The third-order valence-corrected chi connectivity index (χ3v) is 2.54. The zero-order valence-corrected chi connectivity index (χ0v) is 12.5. The van der Waals surface area contributed by atoms with Crippen LogP contribution in [-0.4, -0.2) is 31.8 Å². The zero-order valence-electron chi connectivity index (χ0n) is 12.5. The molecule has 19 heavy (non-hydrogen) atoms. The Kier molecular flexibility index (Phi) is 9.94. The summed E-state index contributed by atoms with van der Waals surface area (Å²) < 4.78 is 9.88. The third-order valence-electron chi connectivity index (χ3n) is 2.54. The van der Waals surface area contributed by atoms with Gasteiger partial charge in [-0.1, -0.05) is 20.8 Å². The van der Waals surface area contributed by atoms with E-state index in [0.717, 1.165) is 12.8 Å². The van der Waals surface area contributed by atoms with Crippen molar-refractivity contribution in [3.05, 3.63) is 0 Å². The van der Waals surface area contributed by atoms with Crippen LogP contribution in [-0.2, 0) is 14.3 Å². The van der Waals surface area contributed by atoms with Gasteiger partial charge < -0.3 is 14.8 Å². The van der Waals surface area contributed by atoms with E-state index in [1.54, 1.807) is 6.92 Å². The van der Waals surface area contributed by atoms with Gasteiger partial charge in [-0.2, -0.15) is 0 Å². The van der Waals surface area contributed by atoms with Crippen molar-refractivity contribution in [3.63, 3.8) is 0 Å². The highest BCUT2D eigenvalue weighted by molar-refractivity contribution is 5.70. The van der Waals surface area contributed by atoms with E-state index in [9.17, 15) is 9.59 Å². The number of alkyl carbamates (subject to hydrolysis) is 1. The Balaban J connectivity index is 4.14. The van der Waals surface area contributed by atoms with E-state index in [4.69, 9.17) is 9.47 Å². The molecule has 0 rings (SSSR count). The molecule has 5 heteroatoms. The van der Waals surface area contributed by atoms with Crippen LogP contribution in [0, 0.1) is 11.8 Å². The zero-order chi connectivity index (χ0) is 14.7. The average molecular weight is 273 g/mol. The van der Waals surface area contributed by atoms with Gasteiger partial charge in [0.25, 0.3) is 0 Å². The largest absolute Gasteiger partial charge is 0.466 e. The van der Waals surface area contributed by atoms with E-state index in [0.29, 0.717) is 32.1 Å². The summed E-state index contributed by atoms with van der Waals surface area (Å²) in [6.07, 6.45) is 1.60. The lowest BCUT2D eigenvalue weighted by Crippen LogP contribution is -2.31. The first-order chi connectivity index (χ1) is 8.99. The topological polar surface area (TPSA) is 64.6 Å². The van der Waals surface area contributed by atoms with Crippen molar-refractivity contribution in [2.24, 2.45) is 11.8 Å². The number of hydrogen-bond acceptors (Lipinski definition) is 4. The van der Waals surface area contributed by atoms with Crippen LogP contribution in [0.2, 0.25) is 0 Å². The lowest BCUT2D eigenvalue weighted by atomic mass is 9.94. The molecule has 0 saturated heterocycles. The summed E-state index contributed by atoms with van der Waals surface area (Å²) in [7, 11) is 0. The lowest BCUT2D eigenvalue weighted by Gasteiger charge is -2.18. The van der Waals surface area contributed by atoms with E-state index in [1.807, 2.05) is 6.92 Å². The Morgan fingerprint density at radius 3 is 2.37 bits per heavy atom. The van der Waals surface area contributed by atoms with E-state index < -0.39 is 6.09 Å². The van der Waals surface area contributed by atoms with Crippen molar-refractivity contribution in [1.29, 1.82) is 0 Å². The van der Waals surface area contributed by atoms with Crippen LogP contribution in [0.25, 0.3) is 0 Å². The smallest absolute Gasteiger partial charge is 0.407 e. The summed E-state index contributed by atoms with van der Waals surface area (Å²) in [6, 6.07) is 0. The fraction of sp³-hybridized carbons (Fsp3) is 0.857. The van der Waals surface area contributed by atoms with E-state index in [2.05, 4.69) is 19.2 Å². The van der Waals surface area contributed by atoms with Gasteiger partial charge in [0.2, 0.25) is 0 Å². The number of hydrogen-bond donors (Lipinski definition) is 1. The monoisotopic (exact) mass is 273 g/mol. The van der Waals surface area contributed by atoms with Crippen LogP contribution in [0.4, 0.5) is 4.79 Å². The summed E-state index contributed by atoms with van der Waals surface area (Å²) in [5.74, 6) is 0.361. The summed E-state index contributed by atoms with van der Waals surface area (Å²) in [4.78, 5) is 22.8. The number of ether oxygens (including phenoxy) is 2. The van der Waals surface area contributed by atoms with Gasteiger partial charge in [0, 0.05) is 6.54 Å². The molecule has 0 aromatic rings. The van der Waals surface area contributed by atoms with Gasteiger partial charge in [0.05, 0.1) is 19.6 Å². The minimum atomic E-state index is -0.432. The molecule has 0 aromatic heterocycles. The molecule has 0 aliphatic heterocycles. The maximum Gasteiger partial charge on any atom is 0.407 e. The first kappa shape index (κ1) is 17.7. The average Bonchev–Trinajstić information content (AvgIpc) is 2.33. The maximum absolute atomic E-state index is 11.6. The highest BCUT2D eigenvalue weighted by atomic mass is 16.5. The van der Waals surface area contributed by atoms with Gasteiger partial charge in [0.15, 0.2) is 0 Å². The molecule has 0 aliphatic carbocycles. The van der Waals surface area contributed by atoms with Gasteiger partial charge in [-0.25, -0.2) is 4.79 Å². The number of carbonyl (C=O) groups is 2. The molecule has 0 aliphatic rings. The predicted molar refractivity (Wildman–Crippen MR) is 73.8 cm³/mol. The molecule has 0 aromatic carbocycles. The van der Waals surface area contributed by atoms with Crippen molar-refractivity contribution < 1.29 is 19.1 Å². The molecule has 0 radical (unpaired) electrons. The van der Waals surface area contributed by atoms with Crippen LogP contribution < -0.4 is 5.32 Å². The van der Waals surface area contributed by atoms with Crippen LogP contribution in [0.15, 0.2) is 0 Å². The molecule has 1 N–H and O–H groups in total. The second-order valence-electron chi connectivity index (χ2n) is 5.02. The Labute approximate surface area is 116 Å². The van der Waals surface area contributed by atoms with Gasteiger partial charge in [-0.3, -0.25) is 4.79 Å². The fourth-order valence-corrected chi connectivity index (χ4v) is 1.83. The Hall–Kier alpha value is -1.26. The Morgan fingerprint density at radius 2 is 1.84 bits per heavy atom. The minimum absolute atomic E-state index is 0.0914. The van der Waals surface area contributed by atoms with Gasteiger partial charge in [0.1, 0.15) is 0 Å². The van der Waals surface area contributed by atoms with Crippen molar-refractivity contribution in [2.45, 2.75) is 47.0 Å². The molecule has 112 valence electrons. The molecular formula is C14H27NO4. The quantitative estimate of drug-likeness (QED) is 0.656. The minimum Gasteiger partial charge on any atom is -0.466 e. The second kappa shape index (κ2) is 10.6. The highest BCUT2D eigenvalue weighted by Gasteiger charge is 2.17. The number of nitrogens with one attached hydrogen (secondary N) is 1. The third kappa shape index (κ3) is 10.4. The molecule has 0 spiro atoms. The van der Waals surface area contributed by atoms with Gasteiger partial charge in [-0.05, 0) is 31.6 Å². The predicted octanol–water partition coefficient (Wildman–Crippen LogP) is 2.74. The Morgan fingerprint density at radius 1 is 1.16 bits per heavy atom. The number of amides is 1. The summed E-state index contributed by atoms with van der Waals surface area (Å²) in [5.41, 5.74) is 0. The van der Waals surface area contributed by atoms with Crippen molar-refractivity contribution in [2.75, 3.05) is 19.8 Å². The van der Waals surface area contributed by atoms with Crippen molar-refractivity contribution in [3.8, 4) is 0 Å². The SMILES string of the molecule is CCCOC(=O)C[C@@H](CNC(=O)OCC)CC(C)C. The van der Waals surface area contributed by atoms with E-state index >= 15 is 0 Å². The number of carbonyl (C=O) groups excluding carboxylic acids is 2. The molecule has 0 heterocycles. The normalized spacial score (nSPS) is 12.1. The van der Waals surface area contributed by atoms with Crippen molar-refractivity contribution in [1.82, 2.24) is 5.32 Å². The Bertz CT molecular complexity index is 266. The molecular weight excluding hydrogens is 246 g/mol. The fourth-order valence-electron chi connectivity index (χ4n) is 1.83. The molecule has 0 unspecified atom stereocenters. The summed E-state index contributed by atoms with van der Waals surface area (Å²) in [5, 5.41) is 2.68. The van der Waals surface area contributed by atoms with Crippen LogP contribution in [0.3, 0.4) is 0 Å². The number of esters is 1. The van der Waals surface area contributed by atoms with Gasteiger partial charge in [-0.15, -0.1) is 0 Å². The highest BCUT2D eigenvalue weighted by Crippen LogP contribution is 2.15. The van der Waals surface area contributed by atoms with Crippen molar-refractivity contribution >= 4 is 12.1 Å².